The van der Waals surface area contributed by atoms with E-state index in [9.17, 15) is 15.3 Å². The number of amidine groups is 1. The molecule has 29 heavy (non-hydrogen) atoms. The molecular weight excluding hydrogens is 367 g/mol. The summed E-state index contributed by atoms with van der Waals surface area (Å²) in [5, 5.41) is 44.2. The van der Waals surface area contributed by atoms with Gasteiger partial charge in [0.15, 0.2) is 0 Å². The summed E-state index contributed by atoms with van der Waals surface area (Å²) in [5.41, 5.74) is 3.15. The topological polar surface area (TPSA) is 131 Å². The quantitative estimate of drug-likeness (QED) is 0.343. The van der Waals surface area contributed by atoms with Crippen molar-refractivity contribution in [1.29, 1.82) is 16.1 Å². The number of nitrogens with zero attached hydrogens (tertiary/aromatic N) is 4. The SMILES string of the molecule is CN(C=N)C(=N)C1CCN(c2c(C#N)cccc2-c2cncc(B(O)O)c2)CC1. The van der Waals surface area contributed by atoms with Crippen LogP contribution < -0.4 is 10.4 Å². The molecule has 2 heterocycles. The van der Waals surface area contributed by atoms with Crippen molar-refractivity contribution in [3.8, 4) is 17.2 Å². The van der Waals surface area contributed by atoms with Gasteiger partial charge in [0.05, 0.1) is 17.6 Å². The number of aromatic nitrogens is 1. The fourth-order valence-electron chi connectivity index (χ4n) is 3.69. The van der Waals surface area contributed by atoms with Gasteiger partial charge in [-0.05, 0) is 18.9 Å². The second kappa shape index (κ2) is 8.86. The Labute approximate surface area is 170 Å². The van der Waals surface area contributed by atoms with Crippen molar-refractivity contribution in [1.82, 2.24) is 9.88 Å². The van der Waals surface area contributed by atoms with Crippen molar-refractivity contribution < 1.29 is 10.0 Å². The summed E-state index contributed by atoms with van der Waals surface area (Å²) in [5.74, 6) is 0.507. The number of pyridine rings is 1. The Hall–Kier alpha value is -3.22. The first-order chi connectivity index (χ1) is 14.0. The van der Waals surface area contributed by atoms with Gasteiger partial charge in [0, 0.05) is 55.0 Å². The number of rotatable bonds is 5. The van der Waals surface area contributed by atoms with E-state index in [1.54, 1.807) is 31.4 Å². The number of hydrogen-bond donors (Lipinski definition) is 4. The fraction of sp³-hybridized carbons (Fsp3) is 0.300. The summed E-state index contributed by atoms with van der Waals surface area (Å²) in [6.07, 6.45) is 5.70. The van der Waals surface area contributed by atoms with Crippen molar-refractivity contribution in [3.05, 3.63) is 42.2 Å². The maximum atomic E-state index is 9.67. The highest BCUT2D eigenvalue weighted by molar-refractivity contribution is 6.58. The third-order valence-electron chi connectivity index (χ3n) is 5.30. The van der Waals surface area contributed by atoms with Crippen LogP contribution in [0.15, 0.2) is 36.7 Å². The second-order valence-electron chi connectivity index (χ2n) is 7.08. The number of nitriles is 1. The first-order valence-corrected chi connectivity index (χ1v) is 9.37. The normalized spacial score (nSPS) is 14.2. The van der Waals surface area contributed by atoms with E-state index in [0.717, 1.165) is 30.4 Å². The van der Waals surface area contributed by atoms with Crippen molar-refractivity contribution in [3.63, 3.8) is 0 Å². The Kier molecular flexibility index (Phi) is 6.27. The highest BCUT2D eigenvalue weighted by Gasteiger charge is 2.27. The predicted molar refractivity (Wildman–Crippen MR) is 113 cm³/mol. The predicted octanol–water partition coefficient (Wildman–Crippen LogP) is 1.03. The van der Waals surface area contributed by atoms with Crippen LogP contribution in [0.5, 0.6) is 0 Å². The van der Waals surface area contributed by atoms with Crippen molar-refractivity contribution in [2.24, 2.45) is 5.92 Å². The van der Waals surface area contributed by atoms with Gasteiger partial charge in [0.25, 0.3) is 0 Å². The van der Waals surface area contributed by atoms with Gasteiger partial charge in [-0.15, -0.1) is 0 Å². The van der Waals surface area contributed by atoms with Crippen LogP contribution in [0.2, 0.25) is 0 Å². The third kappa shape index (κ3) is 4.29. The first-order valence-electron chi connectivity index (χ1n) is 9.37. The molecular formula is C20H23BN6O2. The van der Waals surface area contributed by atoms with Gasteiger partial charge in [0.2, 0.25) is 0 Å². The zero-order chi connectivity index (χ0) is 21.0. The Morgan fingerprint density at radius 2 is 2.07 bits per heavy atom. The minimum absolute atomic E-state index is 0.0741. The van der Waals surface area contributed by atoms with Gasteiger partial charge >= 0.3 is 7.12 Å². The molecule has 4 N–H and O–H groups in total. The molecule has 8 nitrogen and oxygen atoms in total. The van der Waals surface area contributed by atoms with E-state index >= 15 is 0 Å². The average Bonchev–Trinajstić information content (AvgIpc) is 2.77. The average molecular weight is 390 g/mol. The van der Waals surface area contributed by atoms with Crippen LogP contribution in [0.25, 0.3) is 11.1 Å². The summed E-state index contributed by atoms with van der Waals surface area (Å²) in [6, 6.07) is 9.41. The summed E-state index contributed by atoms with van der Waals surface area (Å²) in [7, 11) is 0.0954. The van der Waals surface area contributed by atoms with Crippen LogP contribution in [-0.2, 0) is 0 Å². The molecule has 0 atom stereocenters. The van der Waals surface area contributed by atoms with Crippen LogP contribution in [0.4, 0.5) is 5.69 Å². The van der Waals surface area contributed by atoms with E-state index in [1.807, 2.05) is 6.07 Å². The van der Waals surface area contributed by atoms with E-state index in [4.69, 9.17) is 10.8 Å². The molecule has 1 aliphatic rings. The fourth-order valence-corrected chi connectivity index (χ4v) is 3.69. The molecule has 0 spiro atoms. The molecule has 0 radical (unpaired) electrons. The Morgan fingerprint density at radius 1 is 1.34 bits per heavy atom. The van der Waals surface area contributed by atoms with Crippen LogP contribution in [0.1, 0.15) is 18.4 Å². The Bertz CT molecular complexity index is 950. The van der Waals surface area contributed by atoms with Crippen LogP contribution in [-0.4, -0.2) is 59.4 Å². The highest BCUT2D eigenvalue weighted by Crippen LogP contribution is 2.36. The molecule has 148 valence electrons. The van der Waals surface area contributed by atoms with Crippen LogP contribution >= 0.6 is 0 Å². The molecule has 0 amide bonds. The molecule has 3 rings (SSSR count). The van der Waals surface area contributed by atoms with Gasteiger partial charge < -0.3 is 19.8 Å². The maximum absolute atomic E-state index is 9.67. The Balaban J connectivity index is 1.93. The molecule has 1 aromatic heterocycles. The number of benzene rings is 1. The molecule has 0 saturated carbocycles. The lowest BCUT2D eigenvalue weighted by atomic mass is 9.80. The number of anilines is 1. The van der Waals surface area contributed by atoms with Gasteiger partial charge in [-0.3, -0.25) is 15.8 Å². The molecule has 1 saturated heterocycles. The Morgan fingerprint density at radius 3 is 2.69 bits per heavy atom. The minimum Gasteiger partial charge on any atom is -0.423 e. The van der Waals surface area contributed by atoms with Gasteiger partial charge in [-0.1, -0.05) is 18.2 Å². The molecule has 1 aliphatic heterocycles. The lowest BCUT2D eigenvalue weighted by Crippen LogP contribution is -2.41. The summed E-state index contributed by atoms with van der Waals surface area (Å²) >= 11 is 0. The van der Waals surface area contributed by atoms with E-state index in [1.165, 1.54) is 11.1 Å². The zero-order valence-corrected chi connectivity index (χ0v) is 16.2. The largest absolute Gasteiger partial charge is 0.490 e. The smallest absolute Gasteiger partial charge is 0.423 e. The van der Waals surface area contributed by atoms with Crippen molar-refractivity contribution in [2.75, 3.05) is 25.0 Å². The standard InChI is InChI=1S/C20H23BN6O2/c1-26(13-23)20(24)14-5-7-27(8-6-14)19-15(10-22)3-2-4-18(19)16-9-17(21(28)29)12-25-11-16/h2-4,9,11-14,23-24,28-29H,5-8H2,1H3. The molecule has 1 aromatic carbocycles. The van der Waals surface area contributed by atoms with Crippen molar-refractivity contribution >= 4 is 30.4 Å². The van der Waals surface area contributed by atoms with Gasteiger partial charge in [0.1, 0.15) is 11.9 Å². The second-order valence-corrected chi connectivity index (χ2v) is 7.08. The highest BCUT2D eigenvalue weighted by atomic mass is 16.4. The molecule has 1 fully saturated rings. The van der Waals surface area contributed by atoms with Gasteiger partial charge in [-0.2, -0.15) is 5.26 Å². The summed E-state index contributed by atoms with van der Waals surface area (Å²) in [4.78, 5) is 7.77. The number of para-hydroxylation sites is 1. The lowest BCUT2D eigenvalue weighted by molar-refractivity contribution is 0.425. The van der Waals surface area contributed by atoms with E-state index in [-0.39, 0.29) is 11.4 Å². The lowest BCUT2D eigenvalue weighted by Gasteiger charge is -2.36. The third-order valence-corrected chi connectivity index (χ3v) is 5.30. The van der Waals surface area contributed by atoms with Crippen LogP contribution in [0, 0.1) is 28.1 Å². The monoisotopic (exact) mass is 390 g/mol. The number of nitrogens with one attached hydrogen (secondary N) is 2. The van der Waals surface area contributed by atoms with Crippen LogP contribution in [0.3, 0.4) is 0 Å². The van der Waals surface area contributed by atoms with Gasteiger partial charge in [-0.25, -0.2) is 0 Å². The first kappa shape index (κ1) is 20.5. The minimum atomic E-state index is -1.61. The van der Waals surface area contributed by atoms with E-state index < -0.39 is 7.12 Å². The molecule has 9 heteroatoms. The van der Waals surface area contributed by atoms with E-state index in [2.05, 4.69) is 16.0 Å². The molecule has 0 unspecified atom stereocenters. The number of hydrogen-bond acceptors (Lipinski definition) is 7. The zero-order valence-electron chi connectivity index (χ0n) is 16.2. The molecule has 0 bridgehead atoms. The van der Waals surface area contributed by atoms with E-state index in [0.29, 0.717) is 30.1 Å². The van der Waals surface area contributed by atoms with Crippen molar-refractivity contribution in [2.45, 2.75) is 12.8 Å². The summed E-state index contributed by atoms with van der Waals surface area (Å²) < 4.78 is 0. The molecule has 2 aromatic rings. The molecule has 0 aliphatic carbocycles. The summed E-state index contributed by atoms with van der Waals surface area (Å²) in [6.45, 7) is 1.36. The number of piperidine rings is 1. The maximum Gasteiger partial charge on any atom is 0.490 e.